The summed E-state index contributed by atoms with van der Waals surface area (Å²) in [6.45, 7) is 10.4. The summed E-state index contributed by atoms with van der Waals surface area (Å²) >= 11 is 6.99. The Bertz CT molecular complexity index is 918. The first kappa shape index (κ1) is 21.9. The second kappa shape index (κ2) is 6.82. The molecule has 0 heterocycles. The second-order valence-corrected chi connectivity index (χ2v) is 15.6. The highest BCUT2D eigenvalue weighted by Crippen LogP contribution is 2.67. The average Bonchev–Trinajstić information content (AvgIpc) is 2.89. The van der Waals surface area contributed by atoms with Crippen molar-refractivity contribution in [3.05, 3.63) is 35.5 Å². The van der Waals surface area contributed by atoms with Crippen LogP contribution in [0, 0.1) is 40.1 Å². The van der Waals surface area contributed by atoms with Gasteiger partial charge in [-0.05, 0) is 75.6 Å². The lowest BCUT2D eigenvalue weighted by Crippen LogP contribution is -2.64. The number of ketones is 1. The topological polar surface area (TPSA) is 70.3 Å². The zero-order valence-corrected chi connectivity index (χ0v) is 20.3. The predicted octanol–water partition coefficient (Wildman–Crippen LogP) is 5.04. The summed E-state index contributed by atoms with van der Waals surface area (Å²) in [5, 5.41) is 20.7. The molecule has 1 N–H and O–H groups in total. The number of carbonyl (C=O) groups is 1. The quantitative estimate of drug-likeness (QED) is 0.286. The van der Waals surface area contributed by atoms with Crippen molar-refractivity contribution in [3.8, 4) is 6.26 Å². The largest absolute Gasteiger partial charge is 0.481 e. The molecule has 162 valence electrons. The number of alkyl halides is 1. The van der Waals surface area contributed by atoms with Gasteiger partial charge in [-0.25, -0.2) is 0 Å². The monoisotopic (exact) mass is 445 g/mol. The molecule has 0 spiro atoms. The first-order valence-corrected chi connectivity index (χ1v) is 14.4. The van der Waals surface area contributed by atoms with Crippen LogP contribution in [0.4, 0.5) is 0 Å². The highest BCUT2D eigenvalue weighted by Gasteiger charge is 2.69. The minimum Gasteiger partial charge on any atom is -0.481 e. The Morgan fingerprint density at radius 3 is 2.77 bits per heavy atom. The van der Waals surface area contributed by atoms with Gasteiger partial charge in [0.2, 0.25) is 0 Å². The van der Waals surface area contributed by atoms with Gasteiger partial charge in [0, 0.05) is 10.8 Å². The van der Waals surface area contributed by atoms with Gasteiger partial charge in [-0.2, -0.15) is 5.26 Å². The Hall–Kier alpha value is -1.35. The summed E-state index contributed by atoms with van der Waals surface area (Å²) in [5.41, 5.74) is 0.957. The number of halogens is 1. The van der Waals surface area contributed by atoms with E-state index < -0.39 is 18.9 Å². The van der Waals surface area contributed by atoms with Gasteiger partial charge in [0.25, 0.3) is 14.6 Å². The fraction of sp³-hybridized carbons (Fsp3) is 0.667. The van der Waals surface area contributed by atoms with E-state index in [0.29, 0.717) is 11.8 Å². The number of hydrogen-bond acceptors (Lipinski definition) is 4. The van der Waals surface area contributed by atoms with Crippen molar-refractivity contribution in [2.45, 2.75) is 70.1 Å². The predicted molar refractivity (Wildman–Crippen MR) is 120 cm³/mol. The van der Waals surface area contributed by atoms with Crippen molar-refractivity contribution in [1.29, 1.82) is 5.26 Å². The molecule has 0 radical (unpaired) electrons. The van der Waals surface area contributed by atoms with E-state index in [0.717, 1.165) is 25.7 Å². The Morgan fingerprint density at radius 1 is 1.40 bits per heavy atom. The minimum absolute atomic E-state index is 0.0186. The molecular weight excluding hydrogens is 414 g/mol. The Morgan fingerprint density at radius 2 is 2.10 bits per heavy atom. The molecule has 0 amide bonds. The van der Waals surface area contributed by atoms with E-state index in [1.807, 2.05) is 25.4 Å². The third-order valence-corrected chi connectivity index (χ3v) is 13.1. The van der Waals surface area contributed by atoms with Gasteiger partial charge in [-0.15, -0.1) is 11.6 Å². The summed E-state index contributed by atoms with van der Waals surface area (Å²) in [4.78, 5) is 11.9. The SMILES string of the molecule is C[C@H]1CC2C3CCC4=CC(=O)C=C[C@]4(C)C3=CC[C@]2(C)[C@@]1(O)[C@@H](Cl)[Si](C)(C)OC#N. The van der Waals surface area contributed by atoms with Crippen molar-refractivity contribution < 1.29 is 14.3 Å². The van der Waals surface area contributed by atoms with Crippen LogP contribution in [0.5, 0.6) is 0 Å². The molecule has 0 aromatic carbocycles. The molecule has 4 nitrogen and oxygen atoms in total. The van der Waals surface area contributed by atoms with Gasteiger partial charge in [-0.3, -0.25) is 4.79 Å². The lowest BCUT2D eigenvalue weighted by atomic mass is 9.52. The van der Waals surface area contributed by atoms with Crippen LogP contribution in [0.3, 0.4) is 0 Å². The molecule has 30 heavy (non-hydrogen) atoms. The molecule has 2 fully saturated rings. The molecule has 0 aromatic rings. The number of allylic oxidation sites excluding steroid dienone is 6. The number of carbonyl (C=O) groups excluding carboxylic acids is 1. The second-order valence-electron chi connectivity index (χ2n) is 10.8. The first-order valence-electron chi connectivity index (χ1n) is 11.0. The van der Waals surface area contributed by atoms with Gasteiger partial charge in [-0.1, -0.05) is 37.1 Å². The van der Waals surface area contributed by atoms with Gasteiger partial charge >= 0.3 is 0 Å². The van der Waals surface area contributed by atoms with Crippen LogP contribution >= 0.6 is 11.6 Å². The first-order chi connectivity index (χ1) is 13.9. The van der Waals surface area contributed by atoms with E-state index >= 15 is 0 Å². The van der Waals surface area contributed by atoms with E-state index in [1.54, 1.807) is 6.08 Å². The number of rotatable bonds is 3. The molecule has 4 aliphatic rings. The molecule has 4 rings (SSSR count). The summed E-state index contributed by atoms with van der Waals surface area (Å²) in [6, 6.07) is 0. The lowest BCUT2D eigenvalue weighted by Gasteiger charge is -2.55. The Balaban J connectivity index is 1.76. The summed E-state index contributed by atoms with van der Waals surface area (Å²) in [5.74, 6) is 0.784. The number of nitrogens with zero attached hydrogens (tertiary/aromatic N) is 1. The molecule has 0 aliphatic heterocycles. The fourth-order valence-electron chi connectivity index (χ4n) is 7.14. The van der Waals surface area contributed by atoms with E-state index in [2.05, 4.69) is 32.9 Å². The molecule has 6 heteroatoms. The molecule has 0 saturated heterocycles. The van der Waals surface area contributed by atoms with Gasteiger partial charge in [0.05, 0.1) is 10.6 Å². The number of fused-ring (bicyclic) bond motifs is 5. The van der Waals surface area contributed by atoms with Crippen LogP contribution in [0.15, 0.2) is 35.5 Å². The van der Waals surface area contributed by atoms with Crippen LogP contribution in [-0.4, -0.2) is 29.8 Å². The molecule has 4 aliphatic carbocycles. The number of hydrogen-bond donors (Lipinski definition) is 1. The van der Waals surface area contributed by atoms with Gasteiger partial charge < -0.3 is 9.53 Å². The number of aliphatic hydroxyl groups is 1. The summed E-state index contributed by atoms with van der Waals surface area (Å²) in [6.07, 6.45) is 13.3. The van der Waals surface area contributed by atoms with Crippen molar-refractivity contribution in [2.24, 2.45) is 28.6 Å². The van der Waals surface area contributed by atoms with Crippen LogP contribution in [0.25, 0.3) is 0 Å². The van der Waals surface area contributed by atoms with Crippen molar-refractivity contribution in [3.63, 3.8) is 0 Å². The summed E-state index contributed by atoms with van der Waals surface area (Å²) in [7, 11) is -2.63. The zero-order valence-electron chi connectivity index (χ0n) is 18.5. The Labute approximate surface area is 185 Å². The minimum atomic E-state index is -2.63. The molecule has 2 unspecified atom stereocenters. The van der Waals surface area contributed by atoms with Gasteiger partial charge in [0.15, 0.2) is 5.78 Å². The maximum Gasteiger partial charge on any atom is 0.282 e. The van der Waals surface area contributed by atoms with Crippen LogP contribution < -0.4 is 0 Å². The standard InChI is InChI=1S/C24H32ClNO3Si/c1-15-12-20-18-7-6-16-13-17(27)8-10-22(16,2)19(18)9-11-23(20,3)24(15,28)21(25)30(4,5)29-14-26/h8-10,13,15,18,20-21,28H,6-7,11-12H2,1-5H3/t15-,18?,20?,21-,22-,23-,24-/m0/s1. The number of nitriles is 1. The summed E-state index contributed by atoms with van der Waals surface area (Å²) < 4.78 is 5.43. The van der Waals surface area contributed by atoms with E-state index in [1.165, 1.54) is 11.1 Å². The molecule has 2 saturated carbocycles. The molecular formula is C24H32ClNO3Si. The maximum absolute atomic E-state index is 12.2. The van der Waals surface area contributed by atoms with Crippen LogP contribution in [-0.2, 0) is 9.22 Å². The smallest absolute Gasteiger partial charge is 0.282 e. The normalized spacial score (nSPS) is 43.5. The third kappa shape index (κ3) is 2.69. The highest BCUT2D eigenvalue weighted by atomic mass is 35.5. The maximum atomic E-state index is 12.2. The van der Waals surface area contributed by atoms with Crippen LogP contribution in [0.1, 0.15) is 46.5 Å². The third-order valence-electron chi connectivity index (χ3n) is 8.92. The molecule has 7 atom stereocenters. The average molecular weight is 446 g/mol. The fourth-order valence-corrected chi connectivity index (χ4v) is 9.75. The highest BCUT2D eigenvalue weighted by molar-refractivity contribution is 6.80. The lowest BCUT2D eigenvalue weighted by molar-refractivity contribution is -0.110. The zero-order chi connectivity index (χ0) is 22.1. The Kier molecular flexibility index (Phi) is 4.97. The van der Waals surface area contributed by atoms with E-state index in [9.17, 15) is 9.90 Å². The molecule has 0 bridgehead atoms. The molecule has 0 aromatic heterocycles. The van der Waals surface area contributed by atoms with E-state index in [-0.39, 0.29) is 22.5 Å². The van der Waals surface area contributed by atoms with E-state index in [4.69, 9.17) is 21.3 Å². The van der Waals surface area contributed by atoms with Crippen molar-refractivity contribution >= 4 is 25.7 Å². The van der Waals surface area contributed by atoms with Crippen LogP contribution in [0.2, 0.25) is 13.1 Å². The van der Waals surface area contributed by atoms with Gasteiger partial charge in [0.1, 0.15) is 0 Å². The van der Waals surface area contributed by atoms with Crippen molar-refractivity contribution in [1.82, 2.24) is 0 Å². The van der Waals surface area contributed by atoms with Crippen molar-refractivity contribution in [2.75, 3.05) is 0 Å².